The third kappa shape index (κ3) is 8.27. The first-order chi connectivity index (χ1) is 19.2. The Kier molecular flexibility index (Phi) is 10.3. The molecular weight excluding hydrogens is 488 g/mol. The van der Waals surface area contributed by atoms with E-state index in [-0.39, 0.29) is 0 Å². The smallest absolute Gasteiger partial charge is 0.226 e. The average Bonchev–Trinajstić information content (AvgIpc) is 2.98. The number of hydrogen-bond acceptors (Lipinski definition) is 9. The summed E-state index contributed by atoms with van der Waals surface area (Å²) in [5.41, 5.74) is 8.75. The van der Waals surface area contributed by atoms with Crippen LogP contribution in [0.5, 0.6) is 0 Å². The largest absolute Gasteiger partial charge is 0.383 e. The van der Waals surface area contributed by atoms with E-state index in [0.29, 0.717) is 18.3 Å². The van der Waals surface area contributed by atoms with Crippen LogP contribution in [0.1, 0.15) is 50.2 Å². The lowest BCUT2D eigenvalue weighted by Crippen LogP contribution is -2.50. The molecule has 0 atom stereocenters. The number of nitrogens with two attached hydrogens (primary N) is 1. The van der Waals surface area contributed by atoms with Crippen LogP contribution in [-0.2, 0) is 17.8 Å². The molecule has 1 aliphatic carbocycles. The van der Waals surface area contributed by atoms with Crippen molar-refractivity contribution in [3.05, 3.63) is 41.5 Å². The summed E-state index contributed by atoms with van der Waals surface area (Å²) in [6.07, 6.45) is 7.09. The maximum atomic E-state index is 6.15. The normalized spacial score (nSPS) is 20.4. The molecule has 5 rings (SSSR count). The minimum Gasteiger partial charge on any atom is -0.383 e. The highest BCUT2D eigenvalue weighted by atomic mass is 16.5. The lowest BCUT2D eigenvalue weighted by atomic mass is 9.94. The van der Waals surface area contributed by atoms with Gasteiger partial charge in [0.1, 0.15) is 11.6 Å². The standard InChI is InChI=1S/C30H48N8O/c1-2-39-21-20-35-12-18-38(19-13-35)29-22-28(31)33-30(34-29)32-23-25-8-10-26(11-9-25)24-36-14-16-37(17-15-36)27-6-4-3-5-7-27/h8-11,22,27H,2-7,12-21,23-24H2,1H3,(H3,31,32,33,34). The number of ether oxygens (including phenoxy) is 1. The Morgan fingerprint density at radius 1 is 0.872 bits per heavy atom. The molecule has 9 nitrogen and oxygen atoms in total. The van der Waals surface area contributed by atoms with E-state index in [1.165, 1.54) is 69.4 Å². The van der Waals surface area contributed by atoms with Gasteiger partial charge in [-0.05, 0) is 30.9 Å². The monoisotopic (exact) mass is 536 g/mol. The predicted molar refractivity (Wildman–Crippen MR) is 159 cm³/mol. The van der Waals surface area contributed by atoms with Crippen LogP contribution >= 0.6 is 0 Å². The van der Waals surface area contributed by atoms with Gasteiger partial charge in [0.25, 0.3) is 0 Å². The minimum atomic E-state index is 0.500. The number of anilines is 3. The number of aromatic nitrogens is 2. The van der Waals surface area contributed by atoms with Gasteiger partial charge in [-0.3, -0.25) is 14.7 Å². The first-order valence-electron chi connectivity index (χ1n) is 15.1. The topological polar surface area (TPSA) is 86.0 Å². The van der Waals surface area contributed by atoms with Crippen molar-refractivity contribution < 1.29 is 4.74 Å². The summed E-state index contributed by atoms with van der Waals surface area (Å²) in [6, 6.07) is 11.7. The van der Waals surface area contributed by atoms with Gasteiger partial charge in [-0.25, -0.2) is 0 Å². The molecule has 3 fully saturated rings. The number of nitrogens with one attached hydrogen (secondary N) is 1. The van der Waals surface area contributed by atoms with Crippen molar-refractivity contribution in [1.82, 2.24) is 24.7 Å². The number of benzene rings is 1. The Morgan fingerprint density at radius 2 is 1.56 bits per heavy atom. The van der Waals surface area contributed by atoms with E-state index in [4.69, 9.17) is 15.5 Å². The molecule has 2 aromatic rings. The Bertz CT molecular complexity index is 997. The molecule has 2 saturated heterocycles. The summed E-state index contributed by atoms with van der Waals surface area (Å²) >= 11 is 0. The summed E-state index contributed by atoms with van der Waals surface area (Å²) in [5.74, 6) is 1.98. The molecule has 3 N–H and O–H groups in total. The number of piperazine rings is 2. The molecule has 0 radical (unpaired) electrons. The van der Waals surface area contributed by atoms with E-state index >= 15 is 0 Å². The molecule has 0 bridgehead atoms. The first kappa shape index (κ1) is 28.1. The van der Waals surface area contributed by atoms with E-state index in [1.807, 2.05) is 13.0 Å². The summed E-state index contributed by atoms with van der Waals surface area (Å²) in [5, 5.41) is 3.39. The van der Waals surface area contributed by atoms with Gasteiger partial charge in [0.15, 0.2) is 0 Å². The van der Waals surface area contributed by atoms with Gasteiger partial charge in [-0.15, -0.1) is 0 Å². The van der Waals surface area contributed by atoms with Crippen molar-refractivity contribution in [2.45, 2.75) is 58.2 Å². The maximum Gasteiger partial charge on any atom is 0.226 e. The SMILES string of the molecule is CCOCCN1CCN(c2cc(N)nc(NCc3ccc(CN4CCN(C5CCCCC5)CC4)cc3)n2)CC1. The molecular formula is C30H48N8O. The third-order valence-electron chi connectivity index (χ3n) is 8.56. The zero-order valence-electron chi connectivity index (χ0n) is 23.9. The van der Waals surface area contributed by atoms with E-state index in [2.05, 4.69) is 54.2 Å². The second-order valence-corrected chi connectivity index (χ2v) is 11.3. The van der Waals surface area contributed by atoms with Gasteiger partial charge < -0.3 is 20.7 Å². The first-order valence-corrected chi connectivity index (χ1v) is 15.1. The van der Waals surface area contributed by atoms with Crippen LogP contribution in [-0.4, -0.2) is 103 Å². The predicted octanol–water partition coefficient (Wildman–Crippen LogP) is 3.28. The van der Waals surface area contributed by atoms with Crippen LogP contribution in [0.4, 0.5) is 17.6 Å². The Morgan fingerprint density at radius 3 is 2.28 bits per heavy atom. The molecule has 3 heterocycles. The van der Waals surface area contributed by atoms with Crippen LogP contribution < -0.4 is 16.0 Å². The molecule has 0 unspecified atom stereocenters. The van der Waals surface area contributed by atoms with Crippen LogP contribution in [0.15, 0.2) is 30.3 Å². The lowest BCUT2D eigenvalue weighted by Gasteiger charge is -2.40. The van der Waals surface area contributed by atoms with E-state index in [9.17, 15) is 0 Å². The molecule has 9 heteroatoms. The summed E-state index contributed by atoms with van der Waals surface area (Å²) in [6.45, 7) is 15.0. The summed E-state index contributed by atoms with van der Waals surface area (Å²) in [7, 11) is 0. The van der Waals surface area contributed by atoms with E-state index in [1.54, 1.807) is 0 Å². The van der Waals surface area contributed by atoms with E-state index in [0.717, 1.165) is 64.3 Å². The maximum absolute atomic E-state index is 6.15. The minimum absolute atomic E-state index is 0.500. The quantitative estimate of drug-likeness (QED) is 0.420. The van der Waals surface area contributed by atoms with Crippen molar-refractivity contribution >= 4 is 17.6 Å². The van der Waals surface area contributed by atoms with Crippen LogP contribution in [0.25, 0.3) is 0 Å². The summed E-state index contributed by atoms with van der Waals surface area (Å²) in [4.78, 5) is 19.3. The number of nitrogen functional groups attached to an aromatic ring is 1. The average molecular weight is 537 g/mol. The number of hydrogen-bond donors (Lipinski definition) is 2. The fourth-order valence-corrected chi connectivity index (χ4v) is 6.17. The third-order valence-corrected chi connectivity index (χ3v) is 8.56. The van der Waals surface area contributed by atoms with Crippen molar-refractivity contribution in [3.8, 4) is 0 Å². The van der Waals surface area contributed by atoms with Gasteiger partial charge in [0.05, 0.1) is 6.61 Å². The Labute approximate surface area is 234 Å². The van der Waals surface area contributed by atoms with Crippen molar-refractivity contribution in [1.29, 1.82) is 0 Å². The Hall–Kier alpha value is -2.46. The Balaban J connectivity index is 1.06. The molecule has 3 aliphatic rings. The molecule has 0 amide bonds. The van der Waals surface area contributed by atoms with Gasteiger partial charge in [0.2, 0.25) is 5.95 Å². The molecule has 1 aromatic heterocycles. The number of nitrogens with zero attached hydrogens (tertiary/aromatic N) is 6. The van der Waals surface area contributed by atoms with Gasteiger partial charge in [0, 0.05) is 90.7 Å². The molecule has 0 spiro atoms. The number of rotatable bonds is 11. The zero-order chi connectivity index (χ0) is 26.9. The highest BCUT2D eigenvalue weighted by Gasteiger charge is 2.25. The fraction of sp³-hybridized carbons (Fsp3) is 0.667. The summed E-state index contributed by atoms with van der Waals surface area (Å²) < 4.78 is 5.50. The molecule has 2 aliphatic heterocycles. The van der Waals surface area contributed by atoms with Crippen molar-refractivity contribution in [3.63, 3.8) is 0 Å². The van der Waals surface area contributed by atoms with Gasteiger partial charge >= 0.3 is 0 Å². The van der Waals surface area contributed by atoms with Gasteiger partial charge in [-0.1, -0.05) is 43.5 Å². The highest BCUT2D eigenvalue weighted by molar-refractivity contribution is 5.52. The van der Waals surface area contributed by atoms with Crippen molar-refractivity contribution in [2.24, 2.45) is 0 Å². The zero-order valence-corrected chi connectivity index (χ0v) is 23.9. The highest BCUT2D eigenvalue weighted by Crippen LogP contribution is 2.24. The second-order valence-electron chi connectivity index (χ2n) is 11.3. The molecule has 1 saturated carbocycles. The van der Waals surface area contributed by atoms with Crippen LogP contribution in [0, 0.1) is 0 Å². The van der Waals surface area contributed by atoms with Crippen molar-refractivity contribution in [2.75, 3.05) is 88.1 Å². The van der Waals surface area contributed by atoms with Crippen LogP contribution in [0.2, 0.25) is 0 Å². The second kappa shape index (κ2) is 14.3. The lowest BCUT2D eigenvalue weighted by molar-refractivity contribution is 0.0755. The molecule has 39 heavy (non-hydrogen) atoms. The molecule has 1 aromatic carbocycles. The van der Waals surface area contributed by atoms with Crippen LogP contribution in [0.3, 0.4) is 0 Å². The fourth-order valence-electron chi connectivity index (χ4n) is 6.17. The van der Waals surface area contributed by atoms with Gasteiger partial charge in [-0.2, -0.15) is 9.97 Å². The van der Waals surface area contributed by atoms with E-state index < -0.39 is 0 Å². The molecule has 214 valence electrons.